The maximum Gasteiger partial charge on any atom is 0.339 e. The second-order valence-electron chi connectivity index (χ2n) is 5.34. The number of nitrogens with zero attached hydrogens (tertiary/aromatic N) is 3. The molecule has 122 valence electrons. The molecule has 0 aliphatic rings. The number of hydrazone groups is 1. The van der Waals surface area contributed by atoms with E-state index in [0.29, 0.717) is 5.69 Å². The highest BCUT2D eigenvalue weighted by atomic mass is 16.2. The number of imidazole rings is 1. The molecule has 0 saturated heterocycles. The molecule has 1 aromatic heterocycles. The zero-order valence-corrected chi connectivity index (χ0v) is 13.4. The van der Waals surface area contributed by atoms with E-state index < -0.39 is 6.03 Å². The Bertz CT molecular complexity index is 970. The van der Waals surface area contributed by atoms with Gasteiger partial charge in [-0.1, -0.05) is 24.3 Å². The molecule has 0 atom stereocenters. The number of carbonyl (C=O) groups is 1. The Kier molecular flexibility index (Phi) is 4.15. The molecule has 0 spiro atoms. The van der Waals surface area contributed by atoms with E-state index in [0.717, 1.165) is 16.6 Å². The first-order valence-electron chi connectivity index (χ1n) is 7.37. The molecule has 0 fully saturated rings. The molecule has 24 heavy (non-hydrogen) atoms. The molecule has 0 aliphatic carbocycles. The van der Waals surface area contributed by atoms with Crippen molar-refractivity contribution in [2.24, 2.45) is 19.2 Å². The molecule has 0 saturated carbocycles. The zero-order chi connectivity index (χ0) is 17.1. The number of anilines is 1. The van der Waals surface area contributed by atoms with E-state index in [-0.39, 0.29) is 5.69 Å². The summed E-state index contributed by atoms with van der Waals surface area (Å²) < 4.78 is 3.16. The van der Waals surface area contributed by atoms with E-state index in [1.54, 1.807) is 35.4 Å². The molecule has 0 bridgehead atoms. The second kappa shape index (κ2) is 6.41. The van der Waals surface area contributed by atoms with Gasteiger partial charge in [-0.2, -0.15) is 5.10 Å². The molecule has 2 amide bonds. The van der Waals surface area contributed by atoms with Crippen molar-refractivity contribution in [3.8, 4) is 0 Å². The van der Waals surface area contributed by atoms with Gasteiger partial charge in [0, 0.05) is 19.8 Å². The maximum atomic E-state index is 11.9. The lowest BCUT2D eigenvalue weighted by Gasteiger charge is -2.03. The number of urea groups is 1. The number of carbonyl (C=O) groups excluding carboxylic acids is 1. The fourth-order valence-corrected chi connectivity index (χ4v) is 2.45. The van der Waals surface area contributed by atoms with Crippen LogP contribution in [0.2, 0.25) is 0 Å². The number of rotatable bonds is 3. The van der Waals surface area contributed by atoms with E-state index in [4.69, 9.17) is 0 Å². The molecular formula is C17H17N5O2. The fraction of sp³-hybridized carbons (Fsp3) is 0.118. The van der Waals surface area contributed by atoms with Crippen LogP contribution >= 0.6 is 0 Å². The minimum atomic E-state index is -0.425. The van der Waals surface area contributed by atoms with Gasteiger partial charge in [0.1, 0.15) is 0 Å². The van der Waals surface area contributed by atoms with Crippen LogP contribution in [0, 0.1) is 0 Å². The number of para-hydroxylation sites is 1. The molecule has 0 radical (unpaired) electrons. The Morgan fingerprint density at radius 1 is 1.04 bits per heavy atom. The van der Waals surface area contributed by atoms with Crippen molar-refractivity contribution in [1.29, 1.82) is 0 Å². The lowest BCUT2D eigenvalue weighted by molar-refractivity contribution is 0.252. The van der Waals surface area contributed by atoms with Crippen LogP contribution in [-0.4, -0.2) is 21.4 Å². The Labute approximate surface area is 138 Å². The summed E-state index contributed by atoms with van der Waals surface area (Å²) in [5.41, 5.74) is 5.44. The Morgan fingerprint density at radius 2 is 1.75 bits per heavy atom. The summed E-state index contributed by atoms with van der Waals surface area (Å²) in [5, 5.41) is 6.59. The van der Waals surface area contributed by atoms with E-state index >= 15 is 0 Å². The highest BCUT2D eigenvalue weighted by Gasteiger charge is 2.07. The van der Waals surface area contributed by atoms with Crippen molar-refractivity contribution in [2.75, 3.05) is 5.32 Å². The van der Waals surface area contributed by atoms with Crippen LogP contribution < -0.4 is 16.4 Å². The molecule has 3 rings (SSSR count). The van der Waals surface area contributed by atoms with Gasteiger partial charge in [-0.3, -0.25) is 9.13 Å². The predicted octanol–water partition coefficient (Wildman–Crippen LogP) is 2.03. The van der Waals surface area contributed by atoms with E-state index in [1.807, 2.05) is 36.4 Å². The number of hydrogen-bond donors (Lipinski definition) is 2. The normalized spacial score (nSPS) is 11.1. The monoisotopic (exact) mass is 323 g/mol. The van der Waals surface area contributed by atoms with Gasteiger partial charge >= 0.3 is 11.7 Å². The average Bonchev–Trinajstić information content (AvgIpc) is 2.80. The zero-order valence-electron chi connectivity index (χ0n) is 13.4. The van der Waals surface area contributed by atoms with Crippen molar-refractivity contribution in [3.63, 3.8) is 0 Å². The van der Waals surface area contributed by atoms with E-state index in [1.165, 1.54) is 6.21 Å². The van der Waals surface area contributed by atoms with Crippen molar-refractivity contribution in [3.05, 3.63) is 64.6 Å². The Morgan fingerprint density at radius 3 is 2.50 bits per heavy atom. The van der Waals surface area contributed by atoms with E-state index in [2.05, 4.69) is 15.8 Å². The van der Waals surface area contributed by atoms with Gasteiger partial charge in [0.2, 0.25) is 0 Å². The topological polar surface area (TPSA) is 80.4 Å². The fourth-order valence-electron chi connectivity index (χ4n) is 2.45. The molecule has 7 heteroatoms. The summed E-state index contributed by atoms with van der Waals surface area (Å²) >= 11 is 0. The number of nitrogens with one attached hydrogen (secondary N) is 2. The van der Waals surface area contributed by atoms with Crippen LogP contribution in [0.25, 0.3) is 11.0 Å². The maximum absolute atomic E-state index is 11.9. The van der Waals surface area contributed by atoms with Crippen molar-refractivity contribution in [2.45, 2.75) is 0 Å². The first-order chi connectivity index (χ1) is 11.6. The molecule has 0 unspecified atom stereocenters. The third kappa shape index (κ3) is 3.05. The predicted molar refractivity (Wildman–Crippen MR) is 94.4 cm³/mol. The van der Waals surface area contributed by atoms with Crippen LogP contribution in [0.1, 0.15) is 5.56 Å². The summed E-state index contributed by atoms with van der Waals surface area (Å²) in [4.78, 5) is 23.6. The molecule has 7 nitrogen and oxygen atoms in total. The minimum absolute atomic E-state index is 0.0838. The summed E-state index contributed by atoms with van der Waals surface area (Å²) in [6.45, 7) is 0. The number of fused-ring (bicyclic) bond motifs is 1. The first kappa shape index (κ1) is 15.5. The number of benzene rings is 2. The van der Waals surface area contributed by atoms with Gasteiger partial charge < -0.3 is 5.32 Å². The third-order valence-electron chi connectivity index (χ3n) is 3.71. The highest BCUT2D eigenvalue weighted by molar-refractivity contribution is 5.91. The number of amides is 2. The van der Waals surface area contributed by atoms with Crippen LogP contribution in [0.15, 0.2) is 58.4 Å². The van der Waals surface area contributed by atoms with Gasteiger partial charge in [0.05, 0.1) is 17.2 Å². The van der Waals surface area contributed by atoms with Gasteiger partial charge in [-0.15, -0.1) is 0 Å². The third-order valence-corrected chi connectivity index (χ3v) is 3.71. The molecule has 2 aromatic carbocycles. The van der Waals surface area contributed by atoms with Crippen LogP contribution in [0.3, 0.4) is 0 Å². The average molecular weight is 323 g/mol. The molecular weight excluding hydrogens is 306 g/mol. The van der Waals surface area contributed by atoms with E-state index in [9.17, 15) is 9.59 Å². The number of hydrogen-bond acceptors (Lipinski definition) is 3. The molecule has 1 heterocycles. The minimum Gasteiger partial charge on any atom is -0.307 e. The van der Waals surface area contributed by atoms with Crippen molar-refractivity contribution >= 4 is 29.0 Å². The van der Waals surface area contributed by atoms with Crippen LogP contribution in [-0.2, 0) is 14.1 Å². The molecule has 3 aromatic rings. The lowest BCUT2D eigenvalue weighted by atomic mass is 10.2. The molecule has 0 aliphatic heterocycles. The van der Waals surface area contributed by atoms with Gasteiger partial charge in [-0.05, 0) is 29.8 Å². The molecule has 2 N–H and O–H groups in total. The Balaban J connectivity index is 1.70. The summed E-state index contributed by atoms with van der Waals surface area (Å²) in [5.74, 6) is 0. The van der Waals surface area contributed by atoms with Crippen LogP contribution in [0.5, 0.6) is 0 Å². The summed E-state index contributed by atoms with van der Waals surface area (Å²) in [7, 11) is 3.45. The lowest BCUT2D eigenvalue weighted by Crippen LogP contribution is -2.24. The second-order valence-corrected chi connectivity index (χ2v) is 5.34. The summed E-state index contributed by atoms with van der Waals surface area (Å²) in [6, 6.07) is 14.2. The first-order valence-corrected chi connectivity index (χ1v) is 7.37. The van der Waals surface area contributed by atoms with Gasteiger partial charge in [-0.25, -0.2) is 15.0 Å². The van der Waals surface area contributed by atoms with Gasteiger partial charge in [0.25, 0.3) is 0 Å². The highest BCUT2D eigenvalue weighted by Crippen LogP contribution is 2.12. The van der Waals surface area contributed by atoms with Crippen molar-refractivity contribution < 1.29 is 4.79 Å². The van der Waals surface area contributed by atoms with Crippen LogP contribution in [0.4, 0.5) is 10.5 Å². The SMILES string of the molecule is Cn1c(=O)n(C)c2cc(/C=N/NC(=O)Nc3ccccc3)ccc21. The smallest absolute Gasteiger partial charge is 0.307 e. The quantitative estimate of drug-likeness (QED) is 0.571. The number of aromatic nitrogens is 2. The summed E-state index contributed by atoms with van der Waals surface area (Å²) in [6.07, 6.45) is 1.53. The van der Waals surface area contributed by atoms with Gasteiger partial charge in [0.15, 0.2) is 0 Å². The number of aryl methyl sites for hydroxylation is 2. The van der Waals surface area contributed by atoms with Crippen molar-refractivity contribution in [1.82, 2.24) is 14.6 Å². The largest absolute Gasteiger partial charge is 0.339 e. The standard InChI is InChI=1S/C17H17N5O2/c1-21-14-9-8-12(10-15(14)22(2)17(21)24)11-18-20-16(23)19-13-6-4-3-5-7-13/h3-11H,1-2H3,(H2,19,20,23)/b18-11+. The Hall–Kier alpha value is -3.35.